The van der Waals surface area contributed by atoms with Crippen molar-refractivity contribution in [2.24, 2.45) is 0 Å². The van der Waals surface area contributed by atoms with Crippen LogP contribution in [0, 0.1) is 0 Å². The summed E-state index contributed by atoms with van der Waals surface area (Å²) >= 11 is 11.7. The van der Waals surface area contributed by atoms with Crippen molar-refractivity contribution < 1.29 is 19.1 Å². The summed E-state index contributed by atoms with van der Waals surface area (Å²) in [4.78, 5) is 35.4. The molecule has 0 saturated heterocycles. The summed E-state index contributed by atoms with van der Waals surface area (Å²) in [5, 5.41) is 5.77. The molecule has 0 aliphatic heterocycles. The van der Waals surface area contributed by atoms with Gasteiger partial charge in [0.05, 0.1) is 29.9 Å². The van der Waals surface area contributed by atoms with Gasteiger partial charge in [-0.2, -0.15) is 0 Å². The van der Waals surface area contributed by atoms with Gasteiger partial charge in [0.25, 0.3) is 5.91 Å². The van der Waals surface area contributed by atoms with Crippen LogP contribution in [0.1, 0.15) is 20.7 Å². The van der Waals surface area contributed by atoms with Gasteiger partial charge in [-0.05, 0) is 42.5 Å². The van der Waals surface area contributed by atoms with Crippen molar-refractivity contribution in [3.63, 3.8) is 0 Å². The number of hydrogen-bond acceptors (Lipinski definition) is 4. The second-order valence-corrected chi connectivity index (χ2v) is 5.77. The molecule has 0 aliphatic carbocycles. The van der Waals surface area contributed by atoms with Crippen LogP contribution < -0.4 is 10.6 Å². The highest BCUT2D eigenvalue weighted by molar-refractivity contribution is 6.34. The molecule has 2 rings (SSSR count). The van der Waals surface area contributed by atoms with Crippen molar-refractivity contribution in [1.82, 2.24) is 5.32 Å². The zero-order valence-corrected chi connectivity index (χ0v) is 14.6. The van der Waals surface area contributed by atoms with E-state index in [0.29, 0.717) is 10.6 Å². The molecule has 0 aromatic heterocycles. The van der Waals surface area contributed by atoms with E-state index < -0.39 is 17.8 Å². The third-order valence-electron chi connectivity index (χ3n) is 3.18. The quantitative estimate of drug-likeness (QED) is 0.780. The Morgan fingerprint density at radius 2 is 1.64 bits per heavy atom. The number of halogens is 2. The highest BCUT2D eigenvalue weighted by Crippen LogP contribution is 2.23. The van der Waals surface area contributed by atoms with Crippen LogP contribution in [0.2, 0.25) is 10.0 Å². The topological polar surface area (TPSA) is 84.5 Å². The number of methoxy groups -OCH3 is 1. The smallest absolute Gasteiger partial charge is 0.337 e. The lowest BCUT2D eigenvalue weighted by Gasteiger charge is -2.10. The first-order valence-corrected chi connectivity index (χ1v) is 7.88. The fourth-order valence-corrected chi connectivity index (χ4v) is 2.21. The Balaban J connectivity index is 1.97. The number of esters is 1. The van der Waals surface area contributed by atoms with Crippen LogP contribution >= 0.6 is 23.2 Å². The van der Waals surface area contributed by atoms with Crippen molar-refractivity contribution >= 4 is 46.7 Å². The number of anilines is 1. The summed E-state index contributed by atoms with van der Waals surface area (Å²) in [6.07, 6.45) is 0. The molecule has 0 unspecified atom stereocenters. The normalized spacial score (nSPS) is 10.0. The average Bonchev–Trinajstić information content (AvgIpc) is 2.61. The number of nitrogens with one attached hydrogen (secondary N) is 2. The minimum Gasteiger partial charge on any atom is -0.465 e. The average molecular weight is 381 g/mol. The largest absolute Gasteiger partial charge is 0.465 e. The Morgan fingerprint density at radius 1 is 1.00 bits per heavy atom. The summed E-state index contributed by atoms with van der Waals surface area (Å²) in [7, 11) is 1.25. The van der Waals surface area contributed by atoms with Crippen molar-refractivity contribution in [3.05, 3.63) is 63.6 Å². The number of amides is 2. The SMILES string of the molecule is COC(=O)c1ccc(Cl)c(NC(=O)CNC(=O)c2ccc(Cl)cc2)c1. The van der Waals surface area contributed by atoms with E-state index in [2.05, 4.69) is 15.4 Å². The lowest BCUT2D eigenvalue weighted by atomic mass is 10.2. The maximum absolute atomic E-state index is 12.0. The van der Waals surface area contributed by atoms with E-state index in [-0.39, 0.29) is 22.8 Å². The van der Waals surface area contributed by atoms with Crippen molar-refractivity contribution in [1.29, 1.82) is 0 Å². The first kappa shape index (κ1) is 18.8. The summed E-state index contributed by atoms with van der Waals surface area (Å²) in [5.74, 6) is -1.46. The van der Waals surface area contributed by atoms with E-state index in [0.717, 1.165) is 0 Å². The molecular weight excluding hydrogens is 367 g/mol. The van der Waals surface area contributed by atoms with Crippen LogP contribution in [0.4, 0.5) is 5.69 Å². The molecule has 0 spiro atoms. The lowest BCUT2D eigenvalue weighted by molar-refractivity contribution is -0.115. The molecule has 0 saturated carbocycles. The van der Waals surface area contributed by atoms with Gasteiger partial charge in [0.2, 0.25) is 5.91 Å². The van der Waals surface area contributed by atoms with E-state index >= 15 is 0 Å². The number of carbonyl (C=O) groups is 3. The second kappa shape index (κ2) is 8.50. The molecule has 2 N–H and O–H groups in total. The van der Waals surface area contributed by atoms with Crippen LogP contribution in [-0.2, 0) is 9.53 Å². The van der Waals surface area contributed by atoms with E-state index in [9.17, 15) is 14.4 Å². The standard InChI is InChI=1S/C17H14Cl2N2O4/c1-25-17(24)11-4-7-13(19)14(8-11)21-15(22)9-20-16(23)10-2-5-12(18)6-3-10/h2-8H,9H2,1H3,(H,20,23)(H,21,22). The van der Waals surface area contributed by atoms with Gasteiger partial charge in [-0.3, -0.25) is 9.59 Å². The molecular formula is C17H14Cl2N2O4. The third kappa shape index (κ3) is 5.20. The molecule has 0 aliphatic rings. The van der Waals surface area contributed by atoms with Crippen LogP contribution in [0.3, 0.4) is 0 Å². The molecule has 0 radical (unpaired) electrons. The monoisotopic (exact) mass is 380 g/mol. The minimum absolute atomic E-state index is 0.243. The first-order chi connectivity index (χ1) is 11.9. The van der Waals surface area contributed by atoms with Gasteiger partial charge in [-0.25, -0.2) is 4.79 Å². The zero-order chi connectivity index (χ0) is 18.4. The van der Waals surface area contributed by atoms with E-state index in [1.165, 1.54) is 25.3 Å². The van der Waals surface area contributed by atoms with Crippen LogP contribution in [0.5, 0.6) is 0 Å². The summed E-state index contributed by atoms with van der Waals surface area (Å²) in [5.41, 5.74) is 0.866. The number of hydrogen-bond donors (Lipinski definition) is 2. The van der Waals surface area contributed by atoms with Crippen LogP contribution in [0.15, 0.2) is 42.5 Å². The summed E-state index contributed by atoms with van der Waals surface area (Å²) in [6, 6.07) is 10.6. The molecule has 2 aromatic carbocycles. The van der Waals surface area contributed by atoms with E-state index in [1.54, 1.807) is 24.3 Å². The number of carbonyl (C=O) groups excluding carboxylic acids is 3. The molecule has 130 valence electrons. The van der Waals surface area contributed by atoms with Gasteiger partial charge in [0, 0.05) is 10.6 Å². The Morgan fingerprint density at radius 3 is 2.28 bits per heavy atom. The fourth-order valence-electron chi connectivity index (χ4n) is 1.92. The number of rotatable bonds is 5. The Kier molecular flexibility index (Phi) is 6.38. The second-order valence-electron chi connectivity index (χ2n) is 4.92. The predicted octanol–water partition coefficient (Wildman–Crippen LogP) is 3.15. The van der Waals surface area contributed by atoms with Crippen molar-refractivity contribution in [2.75, 3.05) is 19.0 Å². The Labute approximate surface area is 154 Å². The number of ether oxygens (including phenoxy) is 1. The molecule has 0 bridgehead atoms. The molecule has 8 heteroatoms. The van der Waals surface area contributed by atoms with Gasteiger partial charge < -0.3 is 15.4 Å². The highest BCUT2D eigenvalue weighted by atomic mass is 35.5. The minimum atomic E-state index is -0.553. The molecule has 0 atom stereocenters. The predicted molar refractivity (Wildman–Crippen MR) is 95.2 cm³/mol. The van der Waals surface area contributed by atoms with Crippen molar-refractivity contribution in [3.8, 4) is 0 Å². The van der Waals surface area contributed by atoms with Crippen LogP contribution in [0.25, 0.3) is 0 Å². The first-order valence-electron chi connectivity index (χ1n) is 7.12. The Bertz CT molecular complexity index is 807. The van der Waals surface area contributed by atoms with Gasteiger partial charge in [0.15, 0.2) is 0 Å². The van der Waals surface area contributed by atoms with Gasteiger partial charge in [-0.1, -0.05) is 23.2 Å². The number of benzene rings is 2. The van der Waals surface area contributed by atoms with E-state index in [1.807, 2.05) is 0 Å². The van der Waals surface area contributed by atoms with Gasteiger partial charge in [-0.15, -0.1) is 0 Å². The zero-order valence-electron chi connectivity index (χ0n) is 13.1. The van der Waals surface area contributed by atoms with E-state index in [4.69, 9.17) is 23.2 Å². The fraction of sp³-hybridized carbons (Fsp3) is 0.118. The maximum Gasteiger partial charge on any atom is 0.337 e. The molecule has 25 heavy (non-hydrogen) atoms. The van der Waals surface area contributed by atoms with Crippen molar-refractivity contribution in [2.45, 2.75) is 0 Å². The molecule has 2 amide bonds. The molecule has 0 heterocycles. The highest BCUT2D eigenvalue weighted by Gasteiger charge is 2.12. The molecule has 0 fully saturated rings. The van der Waals surface area contributed by atoms with Crippen LogP contribution in [-0.4, -0.2) is 31.4 Å². The molecule has 2 aromatic rings. The summed E-state index contributed by atoms with van der Waals surface area (Å²) in [6.45, 7) is -0.264. The Hall–Kier alpha value is -2.57. The van der Waals surface area contributed by atoms with Gasteiger partial charge >= 0.3 is 5.97 Å². The van der Waals surface area contributed by atoms with Gasteiger partial charge in [0.1, 0.15) is 0 Å². The molecule has 6 nitrogen and oxygen atoms in total. The maximum atomic E-state index is 12.0. The summed E-state index contributed by atoms with van der Waals surface area (Å²) < 4.78 is 4.61. The third-order valence-corrected chi connectivity index (χ3v) is 3.76. The lowest BCUT2D eigenvalue weighted by Crippen LogP contribution is -2.32.